The number of carbonyl (C=O) groups excluding carboxylic acids is 1. The number of hydrogen-bond donors (Lipinski definition) is 2. The zero-order valence-electron chi connectivity index (χ0n) is 10.7. The van der Waals surface area contributed by atoms with Crippen LogP contribution < -0.4 is 11.5 Å². The van der Waals surface area contributed by atoms with Gasteiger partial charge in [0.2, 0.25) is 15.9 Å². The Morgan fingerprint density at radius 2 is 2.00 bits per heavy atom. The minimum atomic E-state index is -3.82. The van der Waals surface area contributed by atoms with Crippen molar-refractivity contribution in [2.24, 2.45) is 5.73 Å². The first-order chi connectivity index (χ1) is 8.70. The van der Waals surface area contributed by atoms with Gasteiger partial charge in [-0.05, 0) is 24.6 Å². The normalized spacial score (nSPS) is 11.8. The standard InChI is InChI=1S/C11H16ClN3O3S/c1-3-15(6-11(14)16)19(17,18)10-5-9(13)8(12)4-7(10)2/h4-5H,3,6,13H2,1-2H3,(H2,14,16). The van der Waals surface area contributed by atoms with Crippen molar-refractivity contribution in [2.45, 2.75) is 18.7 Å². The Bertz CT molecular complexity index is 601. The molecule has 0 heterocycles. The fourth-order valence-electron chi connectivity index (χ4n) is 1.63. The molecule has 1 rings (SSSR count). The van der Waals surface area contributed by atoms with Gasteiger partial charge in [0.1, 0.15) is 0 Å². The summed E-state index contributed by atoms with van der Waals surface area (Å²) in [4.78, 5) is 10.9. The summed E-state index contributed by atoms with van der Waals surface area (Å²) in [5.74, 6) is -0.718. The molecule has 0 atom stereocenters. The summed E-state index contributed by atoms with van der Waals surface area (Å²) in [7, 11) is -3.82. The Morgan fingerprint density at radius 1 is 1.42 bits per heavy atom. The van der Waals surface area contributed by atoms with Crippen molar-refractivity contribution in [3.05, 3.63) is 22.7 Å². The quantitative estimate of drug-likeness (QED) is 0.782. The molecule has 8 heteroatoms. The Balaban J connectivity index is 3.33. The van der Waals surface area contributed by atoms with Crippen LogP contribution in [0.5, 0.6) is 0 Å². The van der Waals surface area contributed by atoms with E-state index in [1.165, 1.54) is 12.1 Å². The Labute approximate surface area is 117 Å². The number of rotatable bonds is 5. The van der Waals surface area contributed by atoms with Crippen molar-refractivity contribution in [1.82, 2.24) is 4.31 Å². The van der Waals surface area contributed by atoms with Crippen LogP contribution in [0, 0.1) is 6.92 Å². The van der Waals surface area contributed by atoms with E-state index in [1.807, 2.05) is 0 Å². The highest BCUT2D eigenvalue weighted by atomic mass is 35.5. The van der Waals surface area contributed by atoms with Gasteiger partial charge in [-0.3, -0.25) is 4.79 Å². The molecule has 0 aliphatic heterocycles. The molecule has 1 amide bonds. The van der Waals surface area contributed by atoms with E-state index in [-0.39, 0.29) is 28.7 Å². The maximum Gasteiger partial charge on any atom is 0.243 e. The largest absolute Gasteiger partial charge is 0.397 e. The van der Waals surface area contributed by atoms with E-state index in [9.17, 15) is 13.2 Å². The lowest BCUT2D eigenvalue weighted by Crippen LogP contribution is -2.38. The van der Waals surface area contributed by atoms with Crippen LogP contribution in [0.4, 0.5) is 5.69 Å². The number of likely N-dealkylation sites (N-methyl/N-ethyl adjacent to an activating group) is 1. The van der Waals surface area contributed by atoms with Gasteiger partial charge < -0.3 is 11.5 Å². The monoisotopic (exact) mass is 305 g/mol. The minimum absolute atomic E-state index is 0.0255. The fraction of sp³-hybridized carbons (Fsp3) is 0.364. The van der Waals surface area contributed by atoms with Crippen molar-refractivity contribution < 1.29 is 13.2 Å². The Kier molecular flexibility index (Phi) is 4.78. The van der Waals surface area contributed by atoms with Gasteiger partial charge in [-0.15, -0.1) is 0 Å². The topological polar surface area (TPSA) is 106 Å². The molecule has 0 fully saturated rings. The van der Waals surface area contributed by atoms with Crippen LogP contribution in [-0.2, 0) is 14.8 Å². The summed E-state index contributed by atoms with van der Waals surface area (Å²) in [6.07, 6.45) is 0. The third kappa shape index (κ3) is 3.37. The van der Waals surface area contributed by atoms with Gasteiger partial charge in [-0.1, -0.05) is 18.5 Å². The molecule has 0 aromatic heterocycles. The fourth-order valence-corrected chi connectivity index (χ4v) is 3.50. The molecule has 1 aromatic carbocycles. The smallest absolute Gasteiger partial charge is 0.243 e. The molecule has 1 aromatic rings. The van der Waals surface area contributed by atoms with Gasteiger partial charge >= 0.3 is 0 Å². The maximum absolute atomic E-state index is 12.4. The molecule has 0 aliphatic carbocycles. The van der Waals surface area contributed by atoms with E-state index in [2.05, 4.69) is 0 Å². The van der Waals surface area contributed by atoms with E-state index in [0.29, 0.717) is 5.56 Å². The third-order valence-corrected chi connectivity index (χ3v) is 4.99. The number of halogens is 1. The SMILES string of the molecule is CCN(CC(N)=O)S(=O)(=O)c1cc(N)c(Cl)cc1C. The minimum Gasteiger partial charge on any atom is -0.397 e. The van der Waals surface area contributed by atoms with Crippen LogP contribution in [0.1, 0.15) is 12.5 Å². The second-order valence-corrected chi connectivity index (χ2v) is 6.35. The Hall–Kier alpha value is -1.31. The van der Waals surface area contributed by atoms with Gasteiger partial charge in [0, 0.05) is 6.54 Å². The van der Waals surface area contributed by atoms with Gasteiger partial charge in [-0.25, -0.2) is 8.42 Å². The van der Waals surface area contributed by atoms with Gasteiger partial charge in [0.15, 0.2) is 0 Å². The highest BCUT2D eigenvalue weighted by Gasteiger charge is 2.26. The van der Waals surface area contributed by atoms with Crippen molar-refractivity contribution in [3.8, 4) is 0 Å². The van der Waals surface area contributed by atoms with Crippen molar-refractivity contribution in [3.63, 3.8) is 0 Å². The average Bonchev–Trinajstić information content (AvgIpc) is 2.30. The summed E-state index contributed by atoms with van der Waals surface area (Å²) < 4.78 is 25.8. The molecular formula is C11H16ClN3O3S. The van der Waals surface area contributed by atoms with Gasteiger partial charge in [0.05, 0.1) is 22.2 Å². The lowest BCUT2D eigenvalue weighted by atomic mass is 10.2. The number of amides is 1. The molecule has 0 saturated carbocycles. The van der Waals surface area contributed by atoms with Crippen LogP contribution in [-0.4, -0.2) is 31.7 Å². The van der Waals surface area contributed by atoms with Crippen molar-refractivity contribution >= 4 is 33.2 Å². The summed E-state index contributed by atoms with van der Waals surface area (Å²) in [5.41, 5.74) is 11.3. The predicted octanol–water partition coefficient (Wildman–Crippen LogP) is 0.727. The molecule has 106 valence electrons. The summed E-state index contributed by atoms with van der Waals surface area (Å²) in [6, 6.07) is 2.76. The molecule has 6 nitrogen and oxygen atoms in total. The molecule has 0 spiro atoms. The molecule has 0 bridgehead atoms. The summed E-state index contributed by atoms with van der Waals surface area (Å²) >= 11 is 5.83. The first-order valence-electron chi connectivity index (χ1n) is 5.54. The number of anilines is 1. The van der Waals surface area contributed by atoms with Crippen molar-refractivity contribution in [1.29, 1.82) is 0 Å². The lowest BCUT2D eigenvalue weighted by Gasteiger charge is -2.20. The summed E-state index contributed by atoms with van der Waals surface area (Å²) in [6.45, 7) is 2.99. The highest BCUT2D eigenvalue weighted by molar-refractivity contribution is 7.89. The number of primary amides is 1. The van der Waals surface area contributed by atoms with Crippen LogP contribution in [0.15, 0.2) is 17.0 Å². The van der Waals surface area contributed by atoms with Crippen LogP contribution in [0.25, 0.3) is 0 Å². The zero-order valence-corrected chi connectivity index (χ0v) is 12.3. The van der Waals surface area contributed by atoms with E-state index < -0.39 is 15.9 Å². The first-order valence-corrected chi connectivity index (χ1v) is 7.36. The van der Waals surface area contributed by atoms with Crippen LogP contribution in [0.3, 0.4) is 0 Å². The number of sulfonamides is 1. The lowest BCUT2D eigenvalue weighted by molar-refractivity contribution is -0.118. The third-order valence-electron chi connectivity index (χ3n) is 2.60. The Morgan fingerprint density at radius 3 is 2.47 bits per heavy atom. The van der Waals surface area contributed by atoms with E-state index in [0.717, 1.165) is 4.31 Å². The number of hydrogen-bond acceptors (Lipinski definition) is 4. The highest BCUT2D eigenvalue weighted by Crippen LogP contribution is 2.28. The van der Waals surface area contributed by atoms with E-state index in [4.69, 9.17) is 23.1 Å². The number of nitrogens with two attached hydrogens (primary N) is 2. The molecule has 0 radical (unpaired) electrons. The van der Waals surface area contributed by atoms with E-state index in [1.54, 1.807) is 13.8 Å². The van der Waals surface area contributed by atoms with Crippen molar-refractivity contribution in [2.75, 3.05) is 18.8 Å². The maximum atomic E-state index is 12.4. The van der Waals surface area contributed by atoms with Gasteiger partial charge in [0.25, 0.3) is 0 Å². The summed E-state index contributed by atoms with van der Waals surface area (Å²) in [5, 5.41) is 0.286. The van der Waals surface area contributed by atoms with Crippen LogP contribution in [0.2, 0.25) is 5.02 Å². The second-order valence-electron chi connectivity index (χ2n) is 4.04. The molecule has 19 heavy (non-hydrogen) atoms. The molecule has 0 unspecified atom stereocenters. The number of benzene rings is 1. The molecule has 4 N–H and O–H groups in total. The number of nitrogen functional groups attached to an aromatic ring is 1. The number of carbonyl (C=O) groups is 1. The second kappa shape index (κ2) is 5.77. The molecule has 0 aliphatic rings. The predicted molar refractivity (Wildman–Crippen MR) is 74.2 cm³/mol. The molecular weight excluding hydrogens is 290 g/mol. The average molecular weight is 306 g/mol. The van der Waals surface area contributed by atoms with Crippen LogP contribution >= 0.6 is 11.6 Å². The van der Waals surface area contributed by atoms with E-state index >= 15 is 0 Å². The number of aryl methyl sites for hydroxylation is 1. The molecule has 0 saturated heterocycles. The van der Waals surface area contributed by atoms with Gasteiger partial charge in [-0.2, -0.15) is 4.31 Å². The number of nitrogens with zero attached hydrogens (tertiary/aromatic N) is 1. The zero-order chi connectivity index (χ0) is 14.8. The first kappa shape index (κ1) is 15.7.